The Hall–Kier alpha value is -1.87. The molecule has 1 aliphatic rings. The Bertz CT molecular complexity index is 755. The van der Waals surface area contributed by atoms with Gasteiger partial charge in [0.2, 0.25) is 0 Å². The van der Waals surface area contributed by atoms with Gasteiger partial charge in [0.15, 0.2) is 0 Å². The van der Waals surface area contributed by atoms with E-state index >= 15 is 0 Å². The summed E-state index contributed by atoms with van der Waals surface area (Å²) in [5, 5.41) is 10.5. The summed E-state index contributed by atoms with van der Waals surface area (Å²) in [4.78, 5) is 11.6. The molecule has 3 nitrogen and oxygen atoms in total. The molecular weight excluding hydrogens is 336 g/mol. The van der Waals surface area contributed by atoms with Gasteiger partial charge in [0.1, 0.15) is 5.75 Å². The third-order valence-corrected chi connectivity index (χ3v) is 5.16. The standard InChI is InChI=1S/C24H34O3/c1-16-8-13-22(27-17(2)25)20(14-16)21(15-24(6,7)26)18-9-11-19(12-10-18)23(3,4)5/h8-9,13-15,19,26H,10-12H2,1-7H3/b21-15-. The number of hydrogen-bond donors (Lipinski definition) is 1. The molecule has 1 aromatic rings. The van der Waals surface area contributed by atoms with Crippen molar-refractivity contribution in [1.29, 1.82) is 0 Å². The van der Waals surface area contributed by atoms with E-state index in [1.54, 1.807) is 13.8 Å². The first-order valence-electron chi connectivity index (χ1n) is 9.81. The minimum Gasteiger partial charge on any atom is -0.426 e. The number of aryl methyl sites for hydroxylation is 1. The normalized spacial score (nSPS) is 18.9. The summed E-state index contributed by atoms with van der Waals surface area (Å²) in [5.74, 6) is 0.852. The van der Waals surface area contributed by atoms with E-state index in [-0.39, 0.29) is 11.4 Å². The second-order valence-corrected chi connectivity index (χ2v) is 9.37. The molecule has 148 valence electrons. The Kier molecular flexibility index (Phi) is 6.36. The highest BCUT2D eigenvalue weighted by atomic mass is 16.5. The van der Waals surface area contributed by atoms with Crippen molar-refractivity contribution in [1.82, 2.24) is 0 Å². The second kappa shape index (κ2) is 8.02. The molecule has 0 bridgehead atoms. The van der Waals surface area contributed by atoms with Gasteiger partial charge in [-0.3, -0.25) is 4.79 Å². The quantitative estimate of drug-likeness (QED) is 0.534. The predicted molar refractivity (Wildman–Crippen MR) is 112 cm³/mol. The maximum atomic E-state index is 11.6. The zero-order chi connectivity index (χ0) is 20.4. The van der Waals surface area contributed by atoms with Crippen molar-refractivity contribution in [2.75, 3.05) is 0 Å². The van der Waals surface area contributed by atoms with Gasteiger partial charge in [-0.15, -0.1) is 0 Å². The van der Waals surface area contributed by atoms with E-state index < -0.39 is 5.60 Å². The van der Waals surface area contributed by atoms with Crippen molar-refractivity contribution in [3.8, 4) is 5.75 Å². The van der Waals surface area contributed by atoms with Gasteiger partial charge in [0.05, 0.1) is 5.60 Å². The number of rotatable bonds is 4. The summed E-state index contributed by atoms with van der Waals surface area (Å²) in [6.45, 7) is 13.9. The number of esters is 1. The van der Waals surface area contributed by atoms with Crippen molar-refractivity contribution >= 4 is 11.5 Å². The van der Waals surface area contributed by atoms with Crippen molar-refractivity contribution < 1.29 is 14.6 Å². The van der Waals surface area contributed by atoms with Gasteiger partial charge >= 0.3 is 5.97 Å². The molecule has 0 amide bonds. The van der Waals surface area contributed by atoms with Crippen LogP contribution in [-0.2, 0) is 4.79 Å². The number of allylic oxidation sites excluding steroid dienone is 3. The van der Waals surface area contributed by atoms with Gasteiger partial charge in [-0.2, -0.15) is 0 Å². The summed E-state index contributed by atoms with van der Waals surface area (Å²) in [5.41, 5.74) is 3.47. The van der Waals surface area contributed by atoms with Gasteiger partial charge in [-0.1, -0.05) is 38.5 Å². The van der Waals surface area contributed by atoms with Gasteiger partial charge in [0, 0.05) is 12.5 Å². The van der Waals surface area contributed by atoms with Crippen molar-refractivity contribution in [2.24, 2.45) is 11.3 Å². The number of ether oxygens (including phenoxy) is 1. The smallest absolute Gasteiger partial charge is 0.308 e. The average molecular weight is 371 g/mol. The SMILES string of the molecule is CC(=O)Oc1ccc(C)cc1/C(=C\C(C)(C)O)C1=CCC(C(C)(C)C)CC1. The molecule has 0 fully saturated rings. The highest BCUT2D eigenvalue weighted by Gasteiger charge is 2.28. The lowest BCUT2D eigenvalue weighted by atomic mass is 9.71. The fourth-order valence-corrected chi connectivity index (χ4v) is 3.66. The van der Waals surface area contributed by atoms with Gasteiger partial charge < -0.3 is 9.84 Å². The molecule has 0 heterocycles. The van der Waals surface area contributed by atoms with E-state index in [1.807, 2.05) is 31.2 Å². The first kappa shape index (κ1) is 21.4. The molecule has 1 N–H and O–H groups in total. The molecule has 3 heteroatoms. The monoisotopic (exact) mass is 370 g/mol. The maximum absolute atomic E-state index is 11.6. The molecule has 0 aromatic heterocycles. The van der Waals surface area contributed by atoms with Crippen LogP contribution in [0, 0.1) is 18.3 Å². The largest absolute Gasteiger partial charge is 0.426 e. The van der Waals surface area contributed by atoms with Crippen LogP contribution < -0.4 is 4.74 Å². The lowest BCUT2D eigenvalue weighted by molar-refractivity contribution is -0.131. The predicted octanol–water partition coefficient (Wildman–Crippen LogP) is 5.85. The number of carbonyl (C=O) groups is 1. The van der Waals surface area contributed by atoms with E-state index in [0.29, 0.717) is 11.7 Å². The van der Waals surface area contributed by atoms with Gasteiger partial charge in [-0.05, 0) is 80.7 Å². The van der Waals surface area contributed by atoms with Crippen LogP contribution in [0.15, 0.2) is 35.9 Å². The first-order chi connectivity index (χ1) is 12.4. The third kappa shape index (κ3) is 6.07. The van der Waals surface area contributed by atoms with Crippen LogP contribution in [0.1, 0.15) is 71.9 Å². The van der Waals surface area contributed by atoms with E-state index in [1.165, 1.54) is 12.5 Å². The molecule has 27 heavy (non-hydrogen) atoms. The number of carbonyl (C=O) groups excluding carboxylic acids is 1. The molecule has 0 saturated carbocycles. The number of aliphatic hydroxyl groups is 1. The minimum atomic E-state index is -0.964. The first-order valence-corrected chi connectivity index (χ1v) is 9.81. The van der Waals surface area contributed by atoms with E-state index in [0.717, 1.165) is 36.0 Å². The summed E-state index contributed by atoms with van der Waals surface area (Å²) in [6.07, 6.45) is 7.29. The summed E-state index contributed by atoms with van der Waals surface area (Å²) >= 11 is 0. The lowest BCUT2D eigenvalue weighted by Crippen LogP contribution is -2.23. The molecule has 0 radical (unpaired) electrons. The maximum Gasteiger partial charge on any atom is 0.308 e. The molecule has 2 rings (SSSR count). The van der Waals surface area contributed by atoms with Gasteiger partial charge in [-0.25, -0.2) is 0 Å². The molecular formula is C24H34O3. The van der Waals surface area contributed by atoms with Crippen molar-refractivity contribution in [2.45, 2.75) is 73.3 Å². The molecule has 1 unspecified atom stereocenters. The highest BCUT2D eigenvalue weighted by molar-refractivity contribution is 5.84. The Balaban J connectivity index is 2.53. The van der Waals surface area contributed by atoms with Crippen LogP contribution in [0.3, 0.4) is 0 Å². The van der Waals surface area contributed by atoms with E-state index in [4.69, 9.17) is 4.74 Å². The minimum absolute atomic E-state index is 0.286. The summed E-state index contributed by atoms with van der Waals surface area (Å²) in [6, 6.07) is 5.81. The van der Waals surface area contributed by atoms with E-state index in [9.17, 15) is 9.90 Å². The molecule has 0 saturated heterocycles. The van der Waals surface area contributed by atoms with Crippen LogP contribution in [0.5, 0.6) is 5.75 Å². The molecule has 1 aromatic carbocycles. The zero-order valence-corrected chi connectivity index (χ0v) is 17.8. The van der Waals surface area contributed by atoms with Gasteiger partial charge in [0.25, 0.3) is 0 Å². The van der Waals surface area contributed by atoms with Crippen LogP contribution in [0.25, 0.3) is 5.57 Å². The fraction of sp³-hybridized carbons (Fsp3) is 0.542. The average Bonchev–Trinajstić information content (AvgIpc) is 2.52. The van der Waals surface area contributed by atoms with Crippen LogP contribution >= 0.6 is 0 Å². The Morgan fingerprint density at radius 1 is 1.22 bits per heavy atom. The second-order valence-electron chi connectivity index (χ2n) is 9.37. The van der Waals surface area contributed by atoms with E-state index in [2.05, 4.69) is 26.8 Å². The van der Waals surface area contributed by atoms with Crippen LogP contribution in [0.2, 0.25) is 0 Å². The fourth-order valence-electron chi connectivity index (χ4n) is 3.66. The van der Waals surface area contributed by atoms with Crippen molar-refractivity contribution in [3.05, 3.63) is 47.1 Å². The summed E-state index contributed by atoms with van der Waals surface area (Å²) < 4.78 is 5.47. The Labute approximate surface area is 164 Å². The molecule has 0 aliphatic heterocycles. The third-order valence-electron chi connectivity index (χ3n) is 5.16. The van der Waals surface area contributed by atoms with Crippen LogP contribution in [-0.4, -0.2) is 16.7 Å². The Morgan fingerprint density at radius 3 is 2.37 bits per heavy atom. The zero-order valence-electron chi connectivity index (χ0n) is 17.8. The summed E-state index contributed by atoms with van der Waals surface area (Å²) in [7, 11) is 0. The molecule has 1 aliphatic carbocycles. The number of benzene rings is 1. The Morgan fingerprint density at radius 2 is 1.89 bits per heavy atom. The highest BCUT2D eigenvalue weighted by Crippen LogP contribution is 2.42. The molecule has 1 atom stereocenters. The number of hydrogen-bond acceptors (Lipinski definition) is 3. The molecule has 0 spiro atoms. The van der Waals surface area contributed by atoms with Crippen molar-refractivity contribution in [3.63, 3.8) is 0 Å². The topological polar surface area (TPSA) is 46.5 Å². The van der Waals surface area contributed by atoms with Crippen LogP contribution in [0.4, 0.5) is 0 Å². The lowest BCUT2D eigenvalue weighted by Gasteiger charge is -2.34.